The lowest BCUT2D eigenvalue weighted by molar-refractivity contribution is -0.143. The zero-order chi connectivity index (χ0) is 10.1. The summed E-state index contributed by atoms with van der Waals surface area (Å²) in [6.07, 6.45) is -0.358. The molecule has 4 heteroatoms. The van der Waals surface area contributed by atoms with Crippen molar-refractivity contribution >= 4 is 11.6 Å². The predicted molar refractivity (Wildman–Crippen MR) is 53.2 cm³/mol. The van der Waals surface area contributed by atoms with E-state index in [9.17, 15) is 0 Å². The van der Waals surface area contributed by atoms with Crippen LogP contribution < -0.4 is 0 Å². The molecule has 0 radical (unpaired) electrons. The molecule has 0 heterocycles. The first-order valence-corrected chi connectivity index (χ1v) is 5.14. The molecular formula is C9H19ClO3. The number of hydrogen-bond acceptors (Lipinski definition) is 3. The molecule has 3 nitrogen and oxygen atoms in total. The smallest absolute Gasteiger partial charge is 0.175 e. The van der Waals surface area contributed by atoms with Gasteiger partial charge in [0.05, 0.1) is 6.61 Å². The number of hydrogen-bond donors (Lipinski definition) is 0. The minimum atomic E-state index is -0.358. The zero-order valence-corrected chi connectivity index (χ0v) is 9.34. The second-order valence-electron chi connectivity index (χ2n) is 2.45. The molecule has 0 amide bonds. The summed E-state index contributed by atoms with van der Waals surface area (Å²) in [5, 5.41) is -0.236. The average molecular weight is 211 g/mol. The van der Waals surface area contributed by atoms with Gasteiger partial charge in [0.2, 0.25) is 0 Å². The van der Waals surface area contributed by atoms with E-state index < -0.39 is 0 Å². The second kappa shape index (κ2) is 8.75. The number of ether oxygens (including phenoxy) is 3. The molecule has 0 saturated heterocycles. The monoisotopic (exact) mass is 210 g/mol. The van der Waals surface area contributed by atoms with Gasteiger partial charge >= 0.3 is 0 Å². The highest BCUT2D eigenvalue weighted by molar-refractivity contribution is 6.21. The van der Waals surface area contributed by atoms with E-state index >= 15 is 0 Å². The topological polar surface area (TPSA) is 27.7 Å². The van der Waals surface area contributed by atoms with Crippen LogP contribution in [0.1, 0.15) is 20.8 Å². The van der Waals surface area contributed by atoms with Gasteiger partial charge in [-0.3, -0.25) is 0 Å². The molecule has 0 N–H and O–H groups in total. The molecule has 0 aromatic heterocycles. The molecule has 0 rings (SSSR count). The molecule has 0 aromatic carbocycles. The van der Waals surface area contributed by atoms with E-state index in [2.05, 4.69) is 0 Å². The Kier molecular flexibility index (Phi) is 8.87. The van der Waals surface area contributed by atoms with Crippen molar-refractivity contribution in [2.24, 2.45) is 0 Å². The van der Waals surface area contributed by atoms with Gasteiger partial charge in [-0.1, -0.05) is 0 Å². The van der Waals surface area contributed by atoms with E-state index in [1.54, 1.807) is 0 Å². The highest BCUT2D eigenvalue weighted by Gasteiger charge is 2.19. The molecule has 0 unspecified atom stereocenters. The number of halogens is 1. The summed E-state index contributed by atoms with van der Waals surface area (Å²) in [7, 11) is 0. The Bertz CT molecular complexity index is 105. The molecule has 0 bridgehead atoms. The van der Waals surface area contributed by atoms with Crippen molar-refractivity contribution in [3.63, 3.8) is 0 Å². The average Bonchev–Trinajstić information content (AvgIpc) is 2.14. The van der Waals surface area contributed by atoms with Crippen LogP contribution in [0.15, 0.2) is 0 Å². The maximum absolute atomic E-state index is 6.01. The van der Waals surface area contributed by atoms with Crippen LogP contribution in [0.4, 0.5) is 0 Å². The van der Waals surface area contributed by atoms with Crippen molar-refractivity contribution < 1.29 is 14.2 Å². The van der Waals surface area contributed by atoms with Crippen LogP contribution in [-0.4, -0.2) is 38.1 Å². The van der Waals surface area contributed by atoms with Gasteiger partial charge in [0, 0.05) is 19.8 Å². The van der Waals surface area contributed by atoms with Crippen molar-refractivity contribution in [3.8, 4) is 0 Å². The standard InChI is InChI=1S/C9H19ClO3/c1-4-11-7-8(10)9(12-5-2)13-6-3/h8-9H,4-7H2,1-3H3/t8-/m1/s1. The Labute approximate surface area is 85.3 Å². The quantitative estimate of drug-likeness (QED) is 0.453. The highest BCUT2D eigenvalue weighted by Crippen LogP contribution is 2.09. The van der Waals surface area contributed by atoms with Gasteiger partial charge in [-0.25, -0.2) is 0 Å². The molecular weight excluding hydrogens is 192 g/mol. The first-order chi connectivity index (χ1) is 6.26. The van der Waals surface area contributed by atoms with E-state index in [1.165, 1.54) is 0 Å². The lowest BCUT2D eigenvalue weighted by atomic mass is 10.4. The summed E-state index contributed by atoms with van der Waals surface area (Å²) in [6.45, 7) is 8.07. The van der Waals surface area contributed by atoms with Crippen LogP contribution in [0.3, 0.4) is 0 Å². The largest absolute Gasteiger partial charge is 0.380 e. The summed E-state index contributed by atoms with van der Waals surface area (Å²) in [5.74, 6) is 0. The van der Waals surface area contributed by atoms with Crippen molar-refractivity contribution in [2.45, 2.75) is 32.4 Å². The first kappa shape index (κ1) is 13.2. The molecule has 80 valence electrons. The van der Waals surface area contributed by atoms with Crippen molar-refractivity contribution in [1.82, 2.24) is 0 Å². The zero-order valence-electron chi connectivity index (χ0n) is 8.59. The van der Waals surface area contributed by atoms with E-state index in [1.807, 2.05) is 20.8 Å². The molecule has 1 atom stereocenters. The molecule has 0 aliphatic rings. The van der Waals surface area contributed by atoms with Crippen molar-refractivity contribution in [2.75, 3.05) is 26.4 Å². The van der Waals surface area contributed by atoms with Gasteiger partial charge < -0.3 is 14.2 Å². The Morgan fingerprint density at radius 3 is 1.92 bits per heavy atom. The lowest BCUT2D eigenvalue weighted by Crippen LogP contribution is -2.31. The maximum Gasteiger partial charge on any atom is 0.175 e. The van der Waals surface area contributed by atoms with E-state index in [0.717, 1.165) is 0 Å². The molecule has 0 fully saturated rings. The second-order valence-corrected chi connectivity index (χ2v) is 3.02. The SMILES string of the molecule is CCOC[C@@H](Cl)C(OCC)OCC. The number of rotatable bonds is 8. The fourth-order valence-corrected chi connectivity index (χ4v) is 1.13. The van der Waals surface area contributed by atoms with Crippen molar-refractivity contribution in [3.05, 3.63) is 0 Å². The van der Waals surface area contributed by atoms with E-state index in [4.69, 9.17) is 25.8 Å². The minimum absolute atomic E-state index is 0.236. The van der Waals surface area contributed by atoms with Gasteiger partial charge in [0.25, 0.3) is 0 Å². The minimum Gasteiger partial charge on any atom is -0.380 e. The Hall–Kier alpha value is 0.170. The lowest BCUT2D eigenvalue weighted by Gasteiger charge is -2.21. The fourth-order valence-electron chi connectivity index (χ4n) is 0.894. The van der Waals surface area contributed by atoms with Gasteiger partial charge in [0.1, 0.15) is 5.38 Å². The molecule has 13 heavy (non-hydrogen) atoms. The van der Waals surface area contributed by atoms with Gasteiger partial charge in [-0.15, -0.1) is 11.6 Å². The predicted octanol–water partition coefficient (Wildman–Crippen LogP) is 2.03. The summed E-state index contributed by atoms with van der Waals surface area (Å²) < 4.78 is 15.8. The Morgan fingerprint density at radius 1 is 1.00 bits per heavy atom. The Balaban J connectivity index is 3.72. The van der Waals surface area contributed by atoms with Gasteiger partial charge in [-0.05, 0) is 20.8 Å². The summed E-state index contributed by atoms with van der Waals surface area (Å²) in [5.41, 5.74) is 0. The molecule has 0 saturated carbocycles. The van der Waals surface area contributed by atoms with E-state index in [-0.39, 0.29) is 11.7 Å². The highest BCUT2D eigenvalue weighted by atomic mass is 35.5. The van der Waals surface area contributed by atoms with Crippen LogP contribution in [0, 0.1) is 0 Å². The van der Waals surface area contributed by atoms with Crippen molar-refractivity contribution in [1.29, 1.82) is 0 Å². The van der Waals surface area contributed by atoms with Crippen LogP contribution in [0.2, 0.25) is 0 Å². The third-order valence-corrected chi connectivity index (χ3v) is 1.77. The summed E-state index contributed by atoms with van der Waals surface area (Å²) >= 11 is 6.01. The maximum atomic E-state index is 6.01. The first-order valence-electron chi connectivity index (χ1n) is 4.71. The molecule has 0 spiro atoms. The van der Waals surface area contributed by atoms with Crippen LogP contribution in [-0.2, 0) is 14.2 Å². The molecule has 0 aromatic rings. The molecule has 0 aliphatic heterocycles. The van der Waals surface area contributed by atoms with E-state index in [0.29, 0.717) is 26.4 Å². The number of alkyl halides is 1. The summed E-state index contributed by atoms with van der Waals surface area (Å²) in [4.78, 5) is 0. The third-order valence-electron chi connectivity index (χ3n) is 1.44. The molecule has 0 aliphatic carbocycles. The van der Waals surface area contributed by atoms with Crippen LogP contribution >= 0.6 is 11.6 Å². The van der Waals surface area contributed by atoms with Crippen LogP contribution in [0.25, 0.3) is 0 Å². The van der Waals surface area contributed by atoms with Gasteiger partial charge in [-0.2, -0.15) is 0 Å². The normalized spacial score (nSPS) is 13.6. The van der Waals surface area contributed by atoms with Crippen LogP contribution in [0.5, 0.6) is 0 Å². The Morgan fingerprint density at radius 2 is 1.54 bits per heavy atom. The fraction of sp³-hybridized carbons (Fsp3) is 1.00. The third kappa shape index (κ3) is 6.27. The summed E-state index contributed by atoms with van der Waals surface area (Å²) in [6, 6.07) is 0. The van der Waals surface area contributed by atoms with Gasteiger partial charge in [0.15, 0.2) is 6.29 Å².